The second-order valence-corrected chi connectivity index (χ2v) is 9.22. The number of carbonyl (C=O) groups is 3. The molecule has 2 amide bonds. The summed E-state index contributed by atoms with van der Waals surface area (Å²) in [6.07, 6.45) is 5.84. The zero-order chi connectivity index (χ0) is 20.7. The van der Waals surface area contributed by atoms with Gasteiger partial charge in [-0.25, -0.2) is 4.79 Å². The number of carbonyl (C=O) groups excluding carboxylic acids is 3. The average Bonchev–Trinajstić information content (AvgIpc) is 3.28. The van der Waals surface area contributed by atoms with Gasteiger partial charge in [0, 0.05) is 16.3 Å². The Balaban J connectivity index is 1.84. The molecule has 1 N–H and O–H groups in total. The highest BCUT2D eigenvalue weighted by atomic mass is 32.2. The van der Waals surface area contributed by atoms with E-state index in [2.05, 4.69) is 9.88 Å². The topological polar surface area (TPSA) is 77.4 Å². The van der Waals surface area contributed by atoms with E-state index in [-0.39, 0.29) is 17.1 Å². The fourth-order valence-electron chi connectivity index (χ4n) is 3.93. The van der Waals surface area contributed by atoms with E-state index in [1.54, 1.807) is 17.4 Å². The Bertz CT molecular complexity index is 1060. The molecule has 0 bridgehead atoms. The molecule has 2 aliphatic rings. The van der Waals surface area contributed by atoms with E-state index in [0.717, 1.165) is 65.0 Å². The lowest BCUT2D eigenvalue weighted by Gasteiger charge is -2.13. The van der Waals surface area contributed by atoms with Gasteiger partial charge in [0.25, 0.3) is 11.1 Å². The lowest BCUT2D eigenvalue weighted by Crippen LogP contribution is -2.17. The van der Waals surface area contributed by atoms with Crippen molar-refractivity contribution in [2.75, 3.05) is 6.61 Å². The number of rotatable bonds is 4. The first-order valence-electron chi connectivity index (χ1n) is 9.66. The van der Waals surface area contributed by atoms with Crippen molar-refractivity contribution in [3.8, 4) is 5.00 Å². The van der Waals surface area contributed by atoms with Gasteiger partial charge in [0.1, 0.15) is 5.00 Å². The molecule has 29 heavy (non-hydrogen) atoms. The second kappa shape index (κ2) is 7.84. The van der Waals surface area contributed by atoms with Crippen molar-refractivity contribution in [1.82, 2.24) is 9.88 Å². The molecule has 0 unspecified atom stereocenters. The SMILES string of the molecule is CCOC(=O)c1c(-n2c(C)cc(/C=C3/SC(=O)NC3=O)c2C)sc2c1CCCC2. The minimum atomic E-state index is -0.372. The van der Waals surface area contributed by atoms with Gasteiger partial charge in [-0.2, -0.15) is 0 Å². The Morgan fingerprint density at radius 2 is 2.03 bits per heavy atom. The van der Waals surface area contributed by atoms with Gasteiger partial charge in [-0.15, -0.1) is 11.3 Å². The van der Waals surface area contributed by atoms with Crippen molar-refractivity contribution in [1.29, 1.82) is 0 Å². The van der Waals surface area contributed by atoms with Crippen LogP contribution in [0.4, 0.5) is 4.79 Å². The molecular formula is C21H22N2O4S2. The quantitative estimate of drug-likeness (QED) is 0.569. The number of imide groups is 1. The van der Waals surface area contributed by atoms with Gasteiger partial charge in [-0.1, -0.05) is 0 Å². The van der Waals surface area contributed by atoms with E-state index in [9.17, 15) is 14.4 Å². The highest BCUT2D eigenvalue weighted by Gasteiger charge is 2.29. The standard InChI is InChI=1S/C21H22N2O4S2/c1-4-27-20(25)17-14-7-5-6-8-15(14)28-19(17)23-11(2)9-13(12(23)3)10-16-18(24)22-21(26)29-16/h9-10H,4-8H2,1-3H3,(H,22,24,26)/b16-10+. The summed E-state index contributed by atoms with van der Waals surface area (Å²) < 4.78 is 7.45. The Morgan fingerprint density at radius 3 is 2.72 bits per heavy atom. The maximum atomic E-state index is 12.8. The largest absolute Gasteiger partial charge is 0.462 e. The van der Waals surface area contributed by atoms with Crippen molar-refractivity contribution in [3.63, 3.8) is 0 Å². The molecule has 0 spiro atoms. The van der Waals surface area contributed by atoms with Crippen LogP contribution in [0, 0.1) is 13.8 Å². The molecule has 2 aromatic heterocycles. The van der Waals surface area contributed by atoms with Crippen LogP contribution in [-0.2, 0) is 22.4 Å². The van der Waals surface area contributed by atoms with Gasteiger partial charge in [0.05, 0.1) is 17.1 Å². The van der Waals surface area contributed by atoms with Crippen molar-refractivity contribution >= 4 is 46.3 Å². The molecule has 1 fully saturated rings. The summed E-state index contributed by atoms with van der Waals surface area (Å²) in [4.78, 5) is 37.9. The Labute approximate surface area is 177 Å². The number of esters is 1. The number of hydrogen-bond donors (Lipinski definition) is 1. The van der Waals surface area contributed by atoms with Gasteiger partial charge in [-0.3, -0.25) is 14.9 Å². The second-order valence-electron chi connectivity index (χ2n) is 7.13. The first-order chi connectivity index (χ1) is 13.9. The normalized spacial score (nSPS) is 17.6. The van der Waals surface area contributed by atoms with Crippen molar-refractivity contribution in [2.24, 2.45) is 0 Å². The maximum absolute atomic E-state index is 12.8. The molecular weight excluding hydrogens is 408 g/mol. The van der Waals surface area contributed by atoms with Crippen LogP contribution in [0.3, 0.4) is 0 Å². The molecule has 1 aliphatic heterocycles. The molecule has 0 atom stereocenters. The third-order valence-corrected chi connectivity index (χ3v) is 7.32. The molecule has 3 heterocycles. The number of nitrogens with zero attached hydrogens (tertiary/aromatic N) is 1. The number of aryl methyl sites for hydroxylation is 2. The number of hydrogen-bond acceptors (Lipinski definition) is 6. The molecule has 0 aromatic carbocycles. The van der Waals surface area contributed by atoms with E-state index in [1.807, 2.05) is 26.8 Å². The van der Waals surface area contributed by atoms with Crippen molar-refractivity contribution < 1.29 is 19.1 Å². The summed E-state index contributed by atoms with van der Waals surface area (Å²) in [5.41, 5.74) is 4.55. The van der Waals surface area contributed by atoms with Crippen LogP contribution in [0.2, 0.25) is 0 Å². The maximum Gasteiger partial charge on any atom is 0.341 e. The summed E-state index contributed by atoms with van der Waals surface area (Å²) in [6, 6.07) is 1.98. The van der Waals surface area contributed by atoms with Crippen molar-refractivity contribution in [2.45, 2.75) is 46.5 Å². The predicted octanol–water partition coefficient (Wildman–Crippen LogP) is 4.54. The minimum Gasteiger partial charge on any atom is -0.462 e. The summed E-state index contributed by atoms with van der Waals surface area (Å²) in [5, 5.41) is 2.81. The summed E-state index contributed by atoms with van der Waals surface area (Å²) in [6.45, 7) is 6.10. The van der Waals surface area contributed by atoms with E-state index < -0.39 is 0 Å². The number of fused-ring (bicyclic) bond motifs is 1. The van der Waals surface area contributed by atoms with Crippen LogP contribution in [0.25, 0.3) is 11.1 Å². The molecule has 0 saturated carbocycles. The first-order valence-corrected chi connectivity index (χ1v) is 11.3. The molecule has 1 aliphatic carbocycles. The highest BCUT2D eigenvalue weighted by Crippen LogP contribution is 2.39. The smallest absolute Gasteiger partial charge is 0.341 e. The zero-order valence-electron chi connectivity index (χ0n) is 16.6. The van der Waals surface area contributed by atoms with Crippen LogP contribution in [0.15, 0.2) is 11.0 Å². The van der Waals surface area contributed by atoms with Crippen LogP contribution >= 0.6 is 23.1 Å². The van der Waals surface area contributed by atoms with Gasteiger partial charge in [0.15, 0.2) is 0 Å². The predicted molar refractivity (Wildman–Crippen MR) is 115 cm³/mol. The van der Waals surface area contributed by atoms with Gasteiger partial charge in [0.2, 0.25) is 0 Å². The molecule has 4 rings (SSSR count). The van der Waals surface area contributed by atoms with E-state index in [1.165, 1.54) is 4.88 Å². The van der Waals surface area contributed by atoms with Crippen LogP contribution in [0.5, 0.6) is 0 Å². The third-order valence-electron chi connectivity index (χ3n) is 5.23. The van der Waals surface area contributed by atoms with Gasteiger partial charge >= 0.3 is 5.97 Å². The molecule has 8 heteroatoms. The molecule has 6 nitrogen and oxygen atoms in total. The fraction of sp³-hybridized carbons (Fsp3) is 0.381. The molecule has 152 valence electrons. The number of thioether (sulfide) groups is 1. The number of nitrogens with one attached hydrogen (secondary N) is 1. The van der Waals surface area contributed by atoms with Gasteiger partial charge < -0.3 is 9.30 Å². The number of ether oxygens (including phenoxy) is 1. The monoisotopic (exact) mass is 430 g/mol. The number of amides is 2. The van der Waals surface area contributed by atoms with Crippen LogP contribution in [-0.4, -0.2) is 28.3 Å². The molecule has 0 radical (unpaired) electrons. The summed E-state index contributed by atoms with van der Waals surface area (Å²) in [5.74, 6) is -0.644. The zero-order valence-corrected chi connectivity index (χ0v) is 18.2. The Morgan fingerprint density at radius 1 is 1.28 bits per heavy atom. The Hall–Kier alpha value is -2.32. The number of aromatic nitrogens is 1. The van der Waals surface area contributed by atoms with Crippen LogP contribution in [0.1, 0.15) is 57.5 Å². The van der Waals surface area contributed by atoms with E-state index >= 15 is 0 Å². The molecule has 1 saturated heterocycles. The van der Waals surface area contributed by atoms with Gasteiger partial charge in [-0.05, 0) is 81.5 Å². The van der Waals surface area contributed by atoms with Crippen LogP contribution < -0.4 is 5.32 Å². The minimum absolute atomic E-state index is 0.273. The summed E-state index contributed by atoms with van der Waals surface area (Å²) in [7, 11) is 0. The van der Waals surface area contributed by atoms with E-state index in [0.29, 0.717) is 17.1 Å². The number of thiophene rings is 1. The lowest BCUT2D eigenvalue weighted by atomic mass is 9.95. The average molecular weight is 431 g/mol. The highest BCUT2D eigenvalue weighted by molar-refractivity contribution is 8.18. The lowest BCUT2D eigenvalue weighted by molar-refractivity contribution is -0.115. The fourth-order valence-corrected chi connectivity index (χ4v) is 6.09. The Kier molecular flexibility index (Phi) is 5.40. The molecule has 2 aromatic rings. The first kappa shape index (κ1) is 20.0. The summed E-state index contributed by atoms with van der Waals surface area (Å²) >= 11 is 2.56. The third kappa shape index (κ3) is 3.55. The van der Waals surface area contributed by atoms with E-state index in [4.69, 9.17) is 4.74 Å². The van der Waals surface area contributed by atoms with Crippen molar-refractivity contribution in [3.05, 3.63) is 43.9 Å².